The molecular weight excluding hydrogens is 410 g/mol. The topological polar surface area (TPSA) is 71.0 Å². The van der Waals surface area contributed by atoms with Crippen LogP contribution in [0.25, 0.3) is 0 Å². The minimum absolute atomic E-state index is 0.0113. The molecule has 2 N–H and O–H groups in total. The summed E-state index contributed by atoms with van der Waals surface area (Å²) in [5, 5.41) is 12.4. The van der Waals surface area contributed by atoms with E-state index < -0.39 is 30.2 Å². The van der Waals surface area contributed by atoms with E-state index >= 15 is 0 Å². The first-order valence-corrected chi connectivity index (χ1v) is 10.0. The molecule has 0 bridgehead atoms. The average molecular weight is 435 g/mol. The SMILES string of the molecule is CC1(C)OB(c2ccc(NC(=O)N(CCO)c3ccc(Cl)cc3)c(F)c2)OC1(C)C. The van der Waals surface area contributed by atoms with Crippen LogP contribution in [0.3, 0.4) is 0 Å². The van der Waals surface area contributed by atoms with Gasteiger partial charge in [0.25, 0.3) is 0 Å². The molecule has 2 aromatic carbocycles. The van der Waals surface area contributed by atoms with Gasteiger partial charge in [0.1, 0.15) is 5.82 Å². The maximum Gasteiger partial charge on any atom is 0.494 e. The first-order valence-electron chi connectivity index (χ1n) is 9.64. The normalized spacial score (nSPS) is 17.1. The molecule has 9 heteroatoms. The van der Waals surface area contributed by atoms with Gasteiger partial charge in [0.15, 0.2) is 0 Å². The lowest BCUT2D eigenvalue weighted by Crippen LogP contribution is -2.41. The zero-order chi connectivity index (χ0) is 22.1. The summed E-state index contributed by atoms with van der Waals surface area (Å²) in [5.74, 6) is -0.615. The summed E-state index contributed by atoms with van der Waals surface area (Å²) in [6.07, 6.45) is 0. The third-order valence-corrected chi connectivity index (χ3v) is 5.72. The van der Waals surface area contributed by atoms with Gasteiger partial charge < -0.3 is 19.7 Å². The van der Waals surface area contributed by atoms with Crippen LogP contribution in [0.1, 0.15) is 27.7 Å². The van der Waals surface area contributed by atoms with Crippen LogP contribution in [0.15, 0.2) is 42.5 Å². The van der Waals surface area contributed by atoms with Crippen molar-refractivity contribution in [2.24, 2.45) is 0 Å². The Hall–Kier alpha value is -2.13. The zero-order valence-electron chi connectivity index (χ0n) is 17.4. The minimum Gasteiger partial charge on any atom is -0.399 e. The summed E-state index contributed by atoms with van der Waals surface area (Å²) in [5.41, 5.74) is -0.0131. The summed E-state index contributed by atoms with van der Waals surface area (Å²) in [7, 11) is -0.700. The summed E-state index contributed by atoms with van der Waals surface area (Å²) < 4.78 is 26.6. The molecule has 1 aliphatic heterocycles. The van der Waals surface area contributed by atoms with Gasteiger partial charge in [-0.05, 0) is 69.6 Å². The lowest BCUT2D eigenvalue weighted by atomic mass is 9.79. The molecule has 0 aliphatic carbocycles. The van der Waals surface area contributed by atoms with Crippen LogP contribution in [0.5, 0.6) is 0 Å². The van der Waals surface area contributed by atoms with Gasteiger partial charge in [-0.15, -0.1) is 0 Å². The number of nitrogens with one attached hydrogen (secondary N) is 1. The maximum absolute atomic E-state index is 14.7. The van der Waals surface area contributed by atoms with Gasteiger partial charge >= 0.3 is 13.1 Å². The van der Waals surface area contributed by atoms with Gasteiger partial charge in [0.05, 0.1) is 30.0 Å². The van der Waals surface area contributed by atoms with Crippen molar-refractivity contribution in [3.8, 4) is 0 Å². The molecule has 3 rings (SSSR count). The highest BCUT2D eigenvalue weighted by atomic mass is 35.5. The van der Waals surface area contributed by atoms with E-state index in [1.165, 1.54) is 17.0 Å². The Morgan fingerprint density at radius 1 is 1.13 bits per heavy atom. The van der Waals surface area contributed by atoms with Crippen LogP contribution < -0.4 is 15.7 Å². The summed E-state index contributed by atoms with van der Waals surface area (Å²) >= 11 is 5.89. The lowest BCUT2D eigenvalue weighted by Gasteiger charge is -2.32. The average Bonchev–Trinajstić information content (AvgIpc) is 2.89. The smallest absolute Gasteiger partial charge is 0.399 e. The highest BCUT2D eigenvalue weighted by molar-refractivity contribution is 6.62. The van der Waals surface area contributed by atoms with E-state index in [4.69, 9.17) is 20.9 Å². The van der Waals surface area contributed by atoms with Crippen LogP contribution in [0.4, 0.5) is 20.6 Å². The molecule has 1 aliphatic rings. The van der Waals surface area contributed by atoms with Crippen molar-refractivity contribution in [3.63, 3.8) is 0 Å². The molecule has 0 saturated carbocycles. The van der Waals surface area contributed by atoms with Crippen LogP contribution in [-0.4, -0.2) is 42.6 Å². The van der Waals surface area contributed by atoms with E-state index in [0.29, 0.717) is 16.2 Å². The van der Waals surface area contributed by atoms with E-state index in [0.717, 1.165) is 0 Å². The Labute approximate surface area is 181 Å². The Morgan fingerprint density at radius 3 is 2.27 bits per heavy atom. The molecule has 0 radical (unpaired) electrons. The molecule has 1 saturated heterocycles. The molecule has 2 aromatic rings. The maximum atomic E-state index is 14.7. The number of rotatable bonds is 5. The van der Waals surface area contributed by atoms with Crippen molar-refractivity contribution in [1.82, 2.24) is 0 Å². The second kappa shape index (κ2) is 8.55. The molecule has 30 heavy (non-hydrogen) atoms. The fourth-order valence-corrected chi connectivity index (χ4v) is 3.14. The first-order chi connectivity index (χ1) is 14.0. The number of hydrogen-bond donors (Lipinski definition) is 2. The van der Waals surface area contributed by atoms with Gasteiger partial charge in [0.2, 0.25) is 0 Å². The molecule has 160 valence electrons. The number of amides is 2. The second-order valence-corrected chi connectivity index (χ2v) is 8.55. The molecule has 0 atom stereocenters. The van der Waals surface area contributed by atoms with Crippen molar-refractivity contribution < 1.29 is 23.6 Å². The number of urea groups is 1. The quantitative estimate of drug-likeness (QED) is 0.702. The fraction of sp³-hybridized carbons (Fsp3) is 0.381. The van der Waals surface area contributed by atoms with Crippen molar-refractivity contribution in [1.29, 1.82) is 0 Å². The highest BCUT2D eigenvalue weighted by Crippen LogP contribution is 2.36. The van der Waals surface area contributed by atoms with Crippen molar-refractivity contribution in [2.75, 3.05) is 23.4 Å². The number of hydrogen-bond acceptors (Lipinski definition) is 4. The molecular formula is C21H25BClFN2O4. The monoisotopic (exact) mass is 434 g/mol. The van der Waals surface area contributed by atoms with Crippen LogP contribution in [0.2, 0.25) is 5.02 Å². The largest absolute Gasteiger partial charge is 0.494 e. The number of anilines is 2. The van der Waals surface area contributed by atoms with Gasteiger partial charge in [0, 0.05) is 10.7 Å². The molecule has 0 unspecified atom stereocenters. The molecule has 1 fully saturated rings. The van der Waals surface area contributed by atoms with Crippen LogP contribution in [0, 0.1) is 5.82 Å². The van der Waals surface area contributed by atoms with Gasteiger partial charge in [-0.3, -0.25) is 4.90 Å². The molecule has 6 nitrogen and oxygen atoms in total. The van der Waals surface area contributed by atoms with Gasteiger partial charge in [-0.1, -0.05) is 17.7 Å². The van der Waals surface area contributed by atoms with E-state index in [-0.39, 0.29) is 18.8 Å². The third-order valence-electron chi connectivity index (χ3n) is 5.47. The van der Waals surface area contributed by atoms with E-state index in [1.54, 1.807) is 30.3 Å². The Kier molecular flexibility index (Phi) is 6.43. The standard InChI is InChI=1S/C21H25BClFN2O4/c1-20(2)21(3,4)30-22(29-20)14-5-10-18(17(24)13-14)25-19(28)26(11-12-27)16-8-6-15(23)7-9-16/h5-10,13,27H,11-12H2,1-4H3,(H,25,28). The van der Waals surface area contributed by atoms with Crippen LogP contribution >= 0.6 is 11.6 Å². The number of carbonyl (C=O) groups is 1. The number of nitrogens with zero attached hydrogens (tertiary/aromatic N) is 1. The summed E-state index contributed by atoms with van der Waals surface area (Å²) in [6.45, 7) is 7.48. The third kappa shape index (κ3) is 4.62. The van der Waals surface area contributed by atoms with Gasteiger partial charge in [-0.25, -0.2) is 9.18 Å². The number of aliphatic hydroxyl groups is 1. The van der Waals surface area contributed by atoms with Gasteiger partial charge in [-0.2, -0.15) is 0 Å². The summed E-state index contributed by atoms with van der Waals surface area (Å²) in [4.78, 5) is 14.0. The van der Waals surface area contributed by atoms with E-state index in [1.807, 2.05) is 27.7 Å². The molecule has 1 heterocycles. The molecule has 0 aromatic heterocycles. The highest BCUT2D eigenvalue weighted by Gasteiger charge is 2.51. The molecule has 2 amide bonds. The first kappa shape index (κ1) is 22.6. The Bertz CT molecular complexity index is 908. The van der Waals surface area contributed by atoms with Crippen molar-refractivity contribution in [3.05, 3.63) is 53.3 Å². The van der Waals surface area contributed by atoms with E-state index in [9.17, 15) is 14.3 Å². The Balaban J connectivity index is 1.76. The lowest BCUT2D eigenvalue weighted by molar-refractivity contribution is 0.00578. The Morgan fingerprint density at radius 2 is 1.73 bits per heavy atom. The van der Waals surface area contributed by atoms with Crippen molar-refractivity contribution in [2.45, 2.75) is 38.9 Å². The number of benzene rings is 2. The van der Waals surface area contributed by atoms with E-state index in [2.05, 4.69) is 5.32 Å². The van der Waals surface area contributed by atoms with Crippen molar-refractivity contribution >= 4 is 41.6 Å². The fourth-order valence-electron chi connectivity index (χ4n) is 3.01. The minimum atomic E-state index is -0.700. The number of halogens is 2. The second-order valence-electron chi connectivity index (χ2n) is 8.11. The summed E-state index contributed by atoms with van der Waals surface area (Å²) in [6, 6.07) is 10.4. The molecule has 0 spiro atoms. The van der Waals surface area contributed by atoms with Crippen LogP contribution in [-0.2, 0) is 9.31 Å². The predicted molar refractivity (Wildman–Crippen MR) is 117 cm³/mol. The predicted octanol–water partition coefficient (Wildman–Crippen LogP) is 3.81. The zero-order valence-corrected chi connectivity index (χ0v) is 18.2. The number of carbonyl (C=O) groups excluding carboxylic acids is 1. The number of aliphatic hydroxyl groups excluding tert-OH is 1.